The van der Waals surface area contributed by atoms with Crippen LogP contribution in [0.1, 0.15) is 44.5 Å². The molecule has 2 aliphatic heterocycles. The maximum Gasteiger partial charge on any atom is 0.266 e. The highest BCUT2D eigenvalue weighted by Gasteiger charge is 2.39. The largest absolute Gasteiger partial charge is 0.454 e. The van der Waals surface area contributed by atoms with Crippen LogP contribution in [-0.2, 0) is 0 Å². The van der Waals surface area contributed by atoms with Gasteiger partial charge in [0.1, 0.15) is 0 Å². The zero-order valence-corrected chi connectivity index (χ0v) is 32.9. The summed E-state index contributed by atoms with van der Waals surface area (Å²) in [6.07, 6.45) is 0. The van der Waals surface area contributed by atoms with Gasteiger partial charge in [-0.25, -0.2) is 0 Å². The minimum atomic E-state index is -1.07. The van der Waals surface area contributed by atoms with E-state index in [1.807, 2.05) is 12.1 Å². The molecule has 0 amide bonds. The Hall–Kier alpha value is -4.62. The number of para-hydroxylation sites is 1. The molecular formula is C46H44O4P2. The molecule has 0 saturated carbocycles. The van der Waals surface area contributed by atoms with Crippen molar-refractivity contribution in [2.24, 2.45) is 0 Å². The summed E-state index contributed by atoms with van der Waals surface area (Å²) in [5.74, 6) is 2.99. The Kier molecular flexibility index (Phi) is 9.11. The van der Waals surface area contributed by atoms with Crippen LogP contribution in [0.2, 0.25) is 0 Å². The highest BCUT2D eigenvalue weighted by atomic mass is 31.1. The van der Waals surface area contributed by atoms with Crippen LogP contribution in [-0.4, -0.2) is 12.8 Å². The first-order valence-electron chi connectivity index (χ1n) is 17.8. The molecule has 0 fully saturated rings. The van der Waals surface area contributed by atoms with Crippen LogP contribution in [0.5, 0.6) is 23.0 Å². The highest BCUT2D eigenvalue weighted by molar-refractivity contribution is 7.80. The summed E-state index contributed by atoms with van der Waals surface area (Å²) in [6.45, 7) is 17.6. The van der Waals surface area contributed by atoms with Gasteiger partial charge in [0.2, 0.25) is 6.79 Å². The summed E-state index contributed by atoms with van der Waals surface area (Å²) in [5, 5.41) is 6.27. The van der Waals surface area contributed by atoms with Crippen LogP contribution in [0.3, 0.4) is 0 Å². The second kappa shape index (κ2) is 13.7. The van der Waals surface area contributed by atoms with Crippen LogP contribution in [0.25, 0.3) is 11.1 Å². The van der Waals surface area contributed by atoms with Crippen LogP contribution in [0, 0.1) is 55.4 Å². The van der Waals surface area contributed by atoms with Crippen LogP contribution < -0.4 is 45.5 Å². The van der Waals surface area contributed by atoms with Gasteiger partial charge in [-0.05, 0) is 108 Å². The highest BCUT2D eigenvalue weighted by Crippen LogP contribution is 2.55. The third-order valence-electron chi connectivity index (χ3n) is 9.56. The van der Waals surface area contributed by atoms with Crippen molar-refractivity contribution in [2.45, 2.75) is 61.4 Å². The summed E-state index contributed by atoms with van der Waals surface area (Å²) < 4.78 is 26.4. The lowest BCUT2D eigenvalue weighted by atomic mass is 10.0. The van der Waals surface area contributed by atoms with Crippen LogP contribution in [0.15, 0.2) is 103 Å². The molecular weight excluding hydrogens is 678 g/mol. The Morgan fingerprint density at radius 1 is 0.462 bits per heavy atom. The molecule has 52 heavy (non-hydrogen) atoms. The number of ether oxygens (including phenoxy) is 4. The number of rotatable bonds is 7. The van der Waals surface area contributed by atoms with E-state index in [2.05, 4.69) is 146 Å². The van der Waals surface area contributed by atoms with E-state index >= 15 is 0 Å². The third kappa shape index (κ3) is 6.60. The van der Waals surface area contributed by atoms with Crippen molar-refractivity contribution in [3.63, 3.8) is 0 Å². The van der Waals surface area contributed by atoms with Crippen molar-refractivity contribution in [3.8, 4) is 34.1 Å². The molecule has 8 rings (SSSR count). The SMILES string of the molecule is Cc1cc(C)cc(P(c2cc(C)cc(C)c2)c2ccc3c(c2-c2cccc4c2OCO4)OC(P(c2cc(C)cc(C)c2)c2cc(C)cc(C)c2)O3)c1. The number of hydrogen-bond donors (Lipinski definition) is 0. The summed E-state index contributed by atoms with van der Waals surface area (Å²) in [4.78, 5) is 0. The quantitative estimate of drug-likeness (QED) is 0.154. The second-order valence-corrected chi connectivity index (χ2v) is 18.8. The van der Waals surface area contributed by atoms with Gasteiger partial charge in [0.15, 0.2) is 23.0 Å². The minimum absolute atomic E-state index is 0.185. The van der Waals surface area contributed by atoms with Gasteiger partial charge in [0.25, 0.3) is 6.03 Å². The lowest BCUT2D eigenvalue weighted by Crippen LogP contribution is -2.28. The molecule has 262 valence electrons. The summed E-state index contributed by atoms with van der Waals surface area (Å²) >= 11 is 0. The van der Waals surface area contributed by atoms with Gasteiger partial charge in [0, 0.05) is 19.0 Å². The van der Waals surface area contributed by atoms with E-state index in [1.165, 1.54) is 71.0 Å². The Balaban J connectivity index is 1.37. The fourth-order valence-electron chi connectivity index (χ4n) is 7.83. The predicted octanol–water partition coefficient (Wildman–Crippen LogP) is 9.50. The maximum atomic E-state index is 7.26. The molecule has 6 aromatic carbocycles. The van der Waals surface area contributed by atoms with E-state index < -0.39 is 21.9 Å². The zero-order chi connectivity index (χ0) is 36.3. The van der Waals surface area contributed by atoms with Gasteiger partial charge in [-0.1, -0.05) is 129 Å². The maximum absolute atomic E-state index is 7.26. The van der Waals surface area contributed by atoms with Crippen molar-refractivity contribution >= 4 is 42.4 Å². The molecule has 0 aromatic heterocycles. The lowest BCUT2D eigenvalue weighted by molar-refractivity contribution is 0.132. The molecule has 2 heterocycles. The van der Waals surface area contributed by atoms with E-state index in [0.717, 1.165) is 34.1 Å². The average Bonchev–Trinajstić information content (AvgIpc) is 3.71. The van der Waals surface area contributed by atoms with E-state index in [4.69, 9.17) is 18.9 Å². The Bertz CT molecular complexity index is 2180. The van der Waals surface area contributed by atoms with Crippen molar-refractivity contribution in [3.05, 3.63) is 148 Å². The van der Waals surface area contributed by atoms with Gasteiger partial charge in [-0.3, -0.25) is 0 Å². The molecule has 1 atom stereocenters. The molecule has 0 saturated heterocycles. The smallest absolute Gasteiger partial charge is 0.266 e. The van der Waals surface area contributed by atoms with Crippen molar-refractivity contribution in [1.82, 2.24) is 0 Å². The van der Waals surface area contributed by atoms with Crippen LogP contribution in [0.4, 0.5) is 0 Å². The average molecular weight is 723 g/mol. The molecule has 0 N–H and O–H groups in total. The van der Waals surface area contributed by atoms with Crippen molar-refractivity contribution < 1.29 is 18.9 Å². The molecule has 0 bridgehead atoms. The number of fused-ring (bicyclic) bond motifs is 2. The van der Waals surface area contributed by atoms with Gasteiger partial charge in [-0.2, -0.15) is 0 Å². The Labute approximate surface area is 310 Å². The fourth-order valence-corrected chi connectivity index (χ4v) is 13.3. The third-order valence-corrected chi connectivity index (χ3v) is 14.2. The Morgan fingerprint density at radius 2 is 0.942 bits per heavy atom. The van der Waals surface area contributed by atoms with Gasteiger partial charge in [-0.15, -0.1) is 0 Å². The number of aryl methyl sites for hydroxylation is 8. The first kappa shape index (κ1) is 34.5. The normalized spacial score (nSPS) is 14.5. The standard InChI is InChI=1S/C46H44O4P2/c1-27-14-28(2)19-35(18-27)51(36-20-29(3)15-30(4)21-36)42-13-12-41-45(43(42)39-10-9-11-40-44(39)48-26-47-40)50-46(49-41)52(37-22-31(5)16-32(6)23-37)38-24-33(7)17-34(8)25-38/h9-25,46H,26H2,1-8H3. The molecule has 1 unspecified atom stereocenters. The molecule has 0 spiro atoms. The van der Waals surface area contributed by atoms with Crippen molar-refractivity contribution in [2.75, 3.05) is 6.79 Å². The Morgan fingerprint density at radius 3 is 1.44 bits per heavy atom. The zero-order valence-electron chi connectivity index (χ0n) is 31.1. The summed E-state index contributed by atoms with van der Waals surface area (Å²) in [6, 6.07) is 37.6. The topological polar surface area (TPSA) is 36.9 Å². The number of hydrogen-bond acceptors (Lipinski definition) is 4. The fraction of sp³-hybridized carbons (Fsp3) is 0.217. The second-order valence-electron chi connectivity index (χ2n) is 14.5. The van der Waals surface area contributed by atoms with E-state index in [0.29, 0.717) is 0 Å². The molecule has 6 heteroatoms. The molecule has 6 aromatic rings. The van der Waals surface area contributed by atoms with Crippen LogP contribution >= 0.6 is 15.8 Å². The first-order valence-corrected chi connectivity index (χ1v) is 20.6. The molecule has 0 aliphatic carbocycles. The predicted molar refractivity (Wildman–Crippen MR) is 219 cm³/mol. The summed E-state index contributed by atoms with van der Waals surface area (Å²) in [5.41, 5.74) is 11.9. The molecule has 2 aliphatic rings. The van der Waals surface area contributed by atoms with E-state index in [1.54, 1.807) is 0 Å². The number of benzene rings is 6. The van der Waals surface area contributed by atoms with Crippen molar-refractivity contribution in [1.29, 1.82) is 0 Å². The molecule has 4 nitrogen and oxygen atoms in total. The first-order chi connectivity index (χ1) is 25.0. The van der Waals surface area contributed by atoms with Gasteiger partial charge < -0.3 is 18.9 Å². The monoisotopic (exact) mass is 722 g/mol. The minimum Gasteiger partial charge on any atom is -0.454 e. The van der Waals surface area contributed by atoms with Gasteiger partial charge >= 0.3 is 0 Å². The van der Waals surface area contributed by atoms with E-state index in [-0.39, 0.29) is 6.79 Å². The summed E-state index contributed by atoms with van der Waals surface area (Å²) in [7, 11) is -2.10. The molecule has 0 radical (unpaired) electrons. The van der Waals surface area contributed by atoms with E-state index in [9.17, 15) is 0 Å². The lowest BCUT2D eigenvalue weighted by Gasteiger charge is -2.26. The van der Waals surface area contributed by atoms with Gasteiger partial charge in [0.05, 0.1) is 0 Å².